The van der Waals surface area contributed by atoms with Crippen LogP contribution in [0.4, 0.5) is 21.0 Å². The van der Waals surface area contributed by atoms with Crippen molar-refractivity contribution in [2.75, 3.05) is 10.6 Å². The molecule has 0 saturated carbocycles. The van der Waals surface area contributed by atoms with E-state index >= 15 is 0 Å². The second kappa shape index (κ2) is 5.67. The van der Waals surface area contributed by atoms with Crippen LogP contribution in [0.2, 0.25) is 0 Å². The Morgan fingerprint density at radius 3 is 2.16 bits per heavy atom. The van der Waals surface area contributed by atoms with Crippen LogP contribution < -0.4 is 10.6 Å². The van der Waals surface area contributed by atoms with Crippen LogP contribution in [-0.2, 0) is 0 Å². The molecule has 2 amide bonds. The Labute approximate surface area is 108 Å². The van der Waals surface area contributed by atoms with Gasteiger partial charge in [0.2, 0.25) is 0 Å². The fourth-order valence-electron chi connectivity index (χ4n) is 1.43. The number of carboxylic acid groups (broad SMARTS) is 2. The summed E-state index contributed by atoms with van der Waals surface area (Å²) in [6.45, 7) is 4.96. The Morgan fingerprint density at radius 2 is 1.68 bits per heavy atom. The highest BCUT2D eigenvalue weighted by molar-refractivity contribution is 6.15. The molecule has 1 rings (SSSR count). The van der Waals surface area contributed by atoms with Gasteiger partial charge in [0.25, 0.3) is 0 Å². The molecule has 0 aliphatic heterocycles. The zero-order valence-corrected chi connectivity index (χ0v) is 10.1. The number of Topliss-reactive ketones (excluding diaryl/α,β-unsaturated/α-hetero) is 1. The summed E-state index contributed by atoms with van der Waals surface area (Å²) in [6.07, 6.45) is -2.77. The van der Waals surface area contributed by atoms with Crippen LogP contribution in [0.1, 0.15) is 17.3 Å². The third kappa shape index (κ3) is 3.56. The number of amides is 2. The van der Waals surface area contributed by atoms with Crippen molar-refractivity contribution in [2.45, 2.75) is 6.92 Å². The van der Waals surface area contributed by atoms with E-state index in [9.17, 15) is 14.4 Å². The molecule has 0 heterocycles. The Bertz CT molecular complexity index is 565. The fraction of sp³-hybridized carbons (Fsp3) is 0.0833. The van der Waals surface area contributed by atoms with Crippen molar-refractivity contribution in [2.24, 2.45) is 0 Å². The first-order valence-corrected chi connectivity index (χ1v) is 5.16. The van der Waals surface area contributed by atoms with Crippen LogP contribution in [0.5, 0.6) is 0 Å². The van der Waals surface area contributed by atoms with Gasteiger partial charge in [-0.3, -0.25) is 15.4 Å². The fourth-order valence-corrected chi connectivity index (χ4v) is 1.43. The minimum absolute atomic E-state index is 0.0259. The molecule has 1 aromatic carbocycles. The van der Waals surface area contributed by atoms with E-state index in [4.69, 9.17) is 10.2 Å². The zero-order chi connectivity index (χ0) is 14.6. The second-order valence-corrected chi connectivity index (χ2v) is 3.70. The van der Waals surface area contributed by atoms with Crippen LogP contribution in [0.15, 0.2) is 30.4 Å². The normalized spacial score (nSPS) is 9.53. The predicted octanol–water partition coefficient (Wildman–Crippen LogP) is 2.63. The molecule has 0 bridgehead atoms. The van der Waals surface area contributed by atoms with Crippen LogP contribution in [0.3, 0.4) is 0 Å². The lowest BCUT2D eigenvalue weighted by Crippen LogP contribution is -2.16. The van der Waals surface area contributed by atoms with Gasteiger partial charge in [0.05, 0.1) is 11.4 Å². The van der Waals surface area contributed by atoms with E-state index in [0.717, 1.165) is 0 Å². The maximum atomic E-state index is 11.9. The molecule has 1 aromatic rings. The minimum Gasteiger partial charge on any atom is -0.465 e. The molecule has 0 aliphatic carbocycles. The largest absolute Gasteiger partial charge is 0.465 e. The summed E-state index contributed by atoms with van der Waals surface area (Å²) in [5.41, 5.74) is 0.0921. The van der Waals surface area contributed by atoms with E-state index in [1.807, 2.05) is 10.6 Å². The van der Waals surface area contributed by atoms with Gasteiger partial charge in [-0.15, -0.1) is 0 Å². The first-order chi connectivity index (χ1) is 8.82. The highest BCUT2D eigenvalue weighted by Crippen LogP contribution is 2.28. The summed E-state index contributed by atoms with van der Waals surface area (Å²) in [7, 11) is 0. The molecule has 0 radical (unpaired) electrons. The van der Waals surface area contributed by atoms with Crippen LogP contribution in [0.25, 0.3) is 0 Å². The molecular weight excluding hydrogens is 252 g/mol. The van der Waals surface area contributed by atoms with Crippen molar-refractivity contribution in [3.63, 3.8) is 0 Å². The van der Waals surface area contributed by atoms with Gasteiger partial charge in [-0.2, -0.15) is 0 Å². The maximum absolute atomic E-state index is 11.9. The molecule has 0 aliphatic rings. The van der Waals surface area contributed by atoms with Crippen LogP contribution in [0, 0.1) is 0 Å². The third-order valence-corrected chi connectivity index (χ3v) is 2.17. The molecule has 4 N–H and O–H groups in total. The number of ketones is 1. The molecule has 0 spiro atoms. The lowest BCUT2D eigenvalue weighted by Gasteiger charge is -2.13. The number of anilines is 2. The number of carbonyl (C=O) groups is 3. The molecular formula is C12H12N2O5. The summed E-state index contributed by atoms with van der Waals surface area (Å²) in [6, 6.07) is 4.17. The standard InChI is InChI=1S/C12H12N2O5/c1-6(2)10(15)7-4-3-5-8(13-11(16)17)9(7)14-12(18)19/h3-5,13-14H,1H2,2H3,(H,16,17)(H,18,19). The van der Waals surface area contributed by atoms with E-state index in [0.29, 0.717) is 0 Å². The van der Waals surface area contributed by atoms with Gasteiger partial charge in [0.1, 0.15) is 0 Å². The molecule has 0 unspecified atom stereocenters. The molecule has 100 valence electrons. The van der Waals surface area contributed by atoms with Crippen molar-refractivity contribution in [3.8, 4) is 0 Å². The Hall–Kier alpha value is -2.83. The van der Waals surface area contributed by atoms with Gasteiger partial charge >= 0.3 is 12.2 Å². The number of rotatable bonds is 4. The molecule has 0 saturated heterocycles. The molecule has 0 aromatic heterocycles. The second-order valence-electron chi connectivity index (χ2n) is 3.70. The summed E-state index contributed by atoms with van der Waals surface area (Å²) in [5, 5.41) is 21.5. The number of allylic oxidation sites excluding steroid dienone is 1. The van der Waals surface area contributed by atoms with Gasteiger partial charge in [0, 0.05) is 5.56 Å². The monoisotopic (exact) mass is 264 g/mol. The average Bonchev–Trinajstić information content (AvgIpc) is 2.29. The van der Waals surface area contributed by atoms with Crippen molar-refractivity contribution >= 4 is 29.3 Å². The van der Waals surface area contributed by atoms with Crippen molar-refractivity contribution < 1.29 is 24.6 Å². The highest BCUT2D eigenvalue weighted by Gasteiger charge is 2.18. The van der Waals surface area contributed by atoms with E-state index in [2.05, 4.69) is 6.58 Å². The third-order valence-electron chi connectivity index (χ3n) is 2.17. The summed E-state index contributed by atoms with van der Waals surface area (Å²) in [5.74, 6) is -0.474. The molecule has 0 fully saturated rings. The molecule has 7 heteroatoms. The maximum Gasteiger partial charge on any atom is 0.409 e. The van der Waals surface area contributed by atoms with Gasteiger partial charge < -0.3 is 10.2 Å². The zero-order valence-electron chi connectivity index (χ0n) is 10.1. The number of hydrogen-bond acceptors (Lipinski definition) is 3. The highest BCUT2D eigenvalue weighted by atomic mass is 16.4. The predicted molar refractivity (Wildman–Crippen MR) is 68.9 cm³/mol. The topological polar surface area (TPSA) is 116 Å². The number of carbonyl (C=O) groups excluding carboxylic acids is 1. The smallest absolute Gasteiger partial charge is 0.409 e. The quantitative estimate of drug-likeness (QED) is 0.492. The number of nitrogens with one attached hydrogen (secondary N) is 2. The number of para-hydroxylation sites is 1. The Morgan fingerprint density at radius 1 is 1.11 bits per heavy atom. The summed E-state index contributed by atoms with van der Waals surface area (Å²) < 4.78 is 0. The van der Waals surface area contributed by atoms with Crippen LogP contribution in [-0.4, -0.2) is 28.2 Å². The lowest BCUT2D eigenvalue weighted by molar-refractivity contribution is 0.103. The van der Waals surface area contributed by atoms with Gasteiger partial charge in [-0.25, -0.2) is 9.59 Å². The van der Waals surface area contributed by atoms with Gasteiger partial charge in [-0.1, -0.05) is 12.6 Å². The van der Waals surface area contributed by atoms with Gasteiger partial charge in [-0.05, 0) is 24.6 Å². The van der Waals surface area contributed by atoms with E-state index < -0.39 is 18.0 Å². The SMILES string of the molecule is C=C(C)C(=O)c1cccc(NC(=O)O)c1NC(=O)O. The molecule has 7 nitrogen and oxygen atoms in total. The first-order valence-electron chi connectivity index (χ1n) is 5.16. The molecule has 19 heavy (non-hydrogen) atoms. The van der Waals surface area contributed by atoms with Crippen molar-refractivity contribution in [3.05, 3.63) is 35.9 Å². The van der Waals surface area contributed by atoms with E-state index in [-0.39, 0.29) is 22.5 Å². The number of benzene rings is 1. The van der Waals surface area contributed by atoms with Gasteiger partial charge in [0.15, 0.2) is 5.78 Å². The van der Waals surface area contributed by atoms with Crippen molar-refractivity contribution in [1.82, 2.24) is 0 Å². The van der Waals surface area contributed by atoms with Crippen LogP contribution >= 0.6 is 0 Å². The minimum atomic E-state index is -1.41. The van der Waals surface area contributed by atoms with Crippen molar-refractivity contribution in [1.29, 1.82) is 0 Å². The summed E-state index contributed by atoms with van der Waals surface area (Å²) >= 11 is 0. The average molecular weight is 264 g/mol. The first kappa shape index (κ1) is 14.2. The Kier molecular flexibility index (Phi) is 4.25. The number of hydrogen-bond donors (Lipinski definition) is 4. The lowest BCUT2D eigenvalue weighted by atomic mass is 10.0. The summed E-state index contributed by atoms with van der Waals surface area (Å²) in [4.78, 5) is 33.2. The molecule has 0 atom stereocenters. The van der Waals surface area contributed by atoms with E-state index in [1.165, 1.54) is 25.1 Å². The van der Waals surface area contributed by atoms with E-state index in [1.54, 1.807) is 0 Å². The Balaban J connectivity index is 3.37.